The number of carbonyl (C=O) groups is 1. The van der Waals surface area contributed by atoms with Crippen molar-refractivity contribution in [2.24, 2.45) is 5.92 Å². The molecular formula is C22H37N2O6P. The lowest BCUT2D eigenvalue weighted by atomic mass is 9.92. The quantitative estimate of drug-likeness (QED) is 0.352. The Balaban J connectivity index is 1.55. The van der Waals surface area contributed by atoms with Gasteiger partial charge in [0.1, 0.15) is 11.4 Å². The largest absolute Gasteiger partial charge is 0.494 e. The highest BCUT2D eigenvalue weighted by molar-refractivity contribution is 7.51. The number of anilines is 1. The first-order valence-electron chi connectivity index (χ1n) is 11.0. The van der Waals surface area contributed by atoms with Gasteiger partial charge in [-0.3, -0.25) is 4.57 Å². The molecule has 0 radical (unpaired) electrons. The Morgan fingerprint density at radius 3 is 2.39 bits per heavy atom. The molecule has 9 heteroatoms. The normalized spacial score (nSPS) is 15.6. The summed E-state index contributed by atoms with van der Waals surface area (Å²) in [5.41, 5.74) is 0.356. The van der Waals surface area contributed by atoms with E-state index in [0.29, 0.717) is 12.5 Å². The number of ether oxygens (including phenoxy) is 2. The average molecular weight is 457 g/mol. The van der Waals surface area contributed by atoms with E-state index in [1.54, 1.807) is 0 Å². The third-order valence-corrected chi connectivity index (χ3v) is 5.93. The predicted molar refractivity (Wildman–Crippen MR) is 122 cm³/mol. The third-order valence-electron chi connectivity index (χ3n) is 5.13. The Bertz CT molecular complexity index is 721. The molecule has 176 valence electrons. The summed E-state index contributed by atoms with van der Waals surface area (Å²) >= 11 is 0. The summed E-state index contributed by atoms with van der Waals surface area (Å²) in [6.07, 6.45) is 4.88. The number of unbranched alkanes of at least 4 members (excludes halogenated alkanes) is 1. The van der Waals surface area contributed by atoms with E-state index in [1.165, 1.54) is 0 Å². The predicted octanol–water partition coefficient (Wildman–Crippen LogP) is 4.47. The fourth-order valence-electron chi connectivity index (χ4n) is 3.47. The fraction of sp³-hybridized carbons (Fsp3) is 0.682. The van der Waals surface area contributed by atoms with Gasteiger partial charge in [0.25, 0.3) is 0 Å². The molecule has 0 bridgehead atoms. The highest BCUT2D eigenvalue weighted by atomic mass is 31.2. The minimum atomic E-state index is -3.97. The van der Waals surface area contributed by atoms with E-state index >= 15 is 0 Å². The van der Waals surface area contributed by atoms with E-state index in [2.05, 4.69) is 5.32 Å². The van der Waals surface area contributed by atoms with Crippen molar-refractivity contribution in [3.05, 3.63) is 24.3 Å². The van der Waals surface area contributed by atoms with Crippen LogP contribution in [-0.4, -0.2) is 58.8 Å². The van der Waals surface area contributed by atoms with Crippen LogP contribution in [0.1, 0.15) is 52.9 Å². The van der Waals surface area contributed by atoms with Gasteiger partial charge in [0.2, 0.25) is 0 Å². The molecule has 1 heterocycles. The van der Waals surface area contributed by atoms with Gasteiger partial charge in [0.05, 0.1) is 12.8 Å². The smallest absolute Gasteiger partial charge is 0.410 e. The van der Waals surface area contributed by atoms with Crippen molar-refractivity contribution >= 4 is 19.4 Å². The van der Waals surface area contributed by atoms with Crippen molar-refractivity contribution in [2.75, 3.05) is 37.7 Å². The number of carbonyl (C=O) groups excluding carboxylic acids is 1. The summed E-state index contributed by atoms with van der Waals surface area (Å²) in [6.45, 7) is 8.08. The number of nitrogens with zero attached hydrogens (tertiary/aromatic N) is 1. The van der Waals surface area contributed by atoms with Crippen LogP contribution in [0.4, 0.5) is 10.5 Å². The van der Waals surface area contributed by atoms with Crippen LogP contribution in [0.15, 0.2) is 24.3 Å². The molecule has 1 aromatic carbocycles. The summed E-state index contributed by atoms with van der Waals surface area (Å²) in [5.74, 6) is 1.43. The summed E-state index contributed by atoms with van der Waals surface area (Å²) in [6, 6.07) is 7.39. The number of hydrogen-bond acceptors (Lipinski definition) is 5. The van der Waals surface area contributed by atoms with E-state index in [1.807, 2.05) is 49.9 Å². The second-order valence-corrected chi connectivity index (χ2v) is 10.9. The van der Waals surface area contributed by atoms with Crippen molar-refractivity contribution in [1.82, 2.24) is 4.90 Å². The molecule has 3 N–H and O–H groups in total. The second-order valence-electron chi connectivity index (χ2n) is 9.09. The van der Waals surface area contributed by atoms with Crippen LogP contribution >= 0.6 is 7.60 Å². The van der Waals surface area contributed by atoms with Gasteiger partial charge in [0, 0.05) is 25.3 Å². The Morgan fingerprint density at radius 2 is 1.81 bits per heavy atom. The molecule has 1 aromatic rings. The first-order chi connectivity index (χ1) is 14.5. The fourth-order valence-corrected chi connectivity index (χ4v) is 3.87. The number of hydrogen-bond donors (Lipinski definition) is 3. The van der Waals surface area contributed by atoms with E-state index in [0.717, 1.165) is 56.6 Å². The van der Waals surface area contributed by atoms with E-state index in [9.17, 15) is 9.36 Å². The topological polar surface area (TPSA) is 108 Å². The molecule has 1 saturated heterocycles. The Kier molecular flexibility index (Phi) is 9.66. The van der Waals surface area contributed by atoms with Crippen LogP contribution in [0, 0.1) is 5.92 Å². The van der Waals surface area contributed by atoms with Crippen LogP contribution in [0.3, 0.4) is 0 Å². The second kappa shape index (κ2) is 11.7. The lowest BCUT2D eigenvalue weighted by Gasteiger charge is -2.33. The van der Waals surface area contributed by atoms with Crippen LogP contribution < -0.4 is 10.1 Å². The number of likely N-dealkylation sites (tertiary alicyclic amines) is 1. The maximum atomic E-state index is 12.1. The van der Waals surface area contributed by atoms with Crippen molar-refractivity contribution in [1.29, 1.82) is 0 Å². The van der Waals surface area contributed by atoms with Crippen molar-refractivity contribution in [2.45, 2.75) is 58.5 Å². The number of amides is 1. The number of nitrogens with one attached hydrogen (secondary N) is 1. The molecule has 8 nitrogen and oxygen atoms in total. The van der Waals surface area contributed by atoms with Crippen LogP contribution in [0.5, 0.6) is 5.75 Å². The molecule has 0 aromatic heterocycles. The standard InChI is InChI=1S/C22H37N2O6P/c1-22(2,3)30-21(25)24-14-11-18(12-15-24)6-4-5-16-29-20-9-7-19(8-10-20)23-13-17-31(26,27)28/h7-10,18,23H,4-6,11-17H2,1-3H3,(H2,26,27,28). The van der Waals surface area contributed by atoms with Gasteiger partial charge in [-0.05, 0) is 76.6 Å². The van der Waals surface area contributed by atoms with Gasteiger partial charge in [-0.2, -0.15) is 0 Å². The summed E-state index contributed by atoms with van der Waals surface area (Å²) in [5, 5.41) is 2.98. The molecule has 0 atom stereocenters. The van der Waals surface area contributed by atoms with Gasteiger partial charge in [0.15, 0.2) is 0 Å². The zero-order valence-corrected chi connectivity index (χ0v) is 19.8. The van der Waals surface area contributed by atoms with E-state index < -0.39 is 13.2 Å². The maximum Gasteiger partial charge on any atom is 0.410 e. The van der Waals surface area contributed by atoms with Crippen molar-refractivity contribution in [3.8, 4) is 5.75 Å². The highest BCUT2D eigenvalue weighted by Gasteiger charge is 2.26. The number of rotatable bonds is 10. The minimum absolute atomic E-state index is 0.189. The molecule has 1 fully saturated rings. The lowest BCUT2D eigenvalue weighted by Crippen LogP contribution is -2.41. The van der Waals surface area contributed by atoms with Crippen LogP contribution in [0.2, 0.25) is 0 Å². The first-order valence-corrected chi connectivity index (χ1v) is 12.8. The van der Waals surface area contributed by atoms with E-state index in [4.69, 9.17) is 19.3 Å². The lowest BCUT2D eigenvalue weighted by molar-refractivity contribution is 0.0180. The summed E-state index contributed by atoms with van der Waals surface area (Å²) in [4.78, 5) is 31.7. The summed E-state index contributed by atoms with van der Waals surface area (Å²) < 4.78 is 22.1. The van der Waals surface area contributed by atoms with E-state index in [-0.39, 0.29) is 18.8 Å². The molecule has 31 heavy (non-hydrogen) atoms. The van der Waals surface area contributed by atoms with Gasteiger partial charge < -0.3 is 29.5 Å². The molecule has 0 saturated carbocycles. The average Bonchev–Trinajstić information content (AvgIpc) is 2.67. The highest BCUT2D eigenvalue weighted by Crippen LogP contribution is 2.33. The molecular weight excluding hydrogens is 419 g/mol. The Hall–Kier alpha value is -1.76. The Morgan fingerprint density at radius 1 is 1.16 bits per heavy atom. The van der Waals surface area contributed by atoms with Crippen LogP contribution in [0.25, 0.3) is 0 Å². The number of benzene rings is 1. The van der Waals surface area contributed by atoms with Gasteiger partial charge >= 0.3 is 13.7 Å². The first kappa shape index (κ1) is 25.5. The Labute approximate surface area is 185 Å². The SMILES string of the molecule is CC(C)(C)OC(=O)N1CCC(CCCCOc2ccc(NCCP(=O)(O)O)cc2)CC1. The molecule has 0 aliphatic carbocycles. The molecule has 0 unspecified atom stereocenters. The van der Waals surface area contributed by atoms with Gasteiger partial charge in [-0.25, -0.2) is 4.79 Å². The maximum absolute atomic E-state index is 12.1. The number of piperidine rings is 1. The van der Waals surface area contributed by atoms with Crippen molar-refractivity contribution in [3.63, 3.8) is 0 Å². The monoisotopic (exact) mass is 456 g/mol. The van der Waals surface area contributed by atoms with Gasteiger partial charge in [-0.15, -0.1) is 0 Å². The summed E-state index contributed by atoms with van der Waals surface area (Å²) in [7, 11) is -3.97. The zero-order chi connectivity index (χ0) is 22.9. The van der Waals surface area contributed by atoms with Gasteiger partial charge in [-0.1, -0.05) is 6.42 Å². The van der Waals surface area contributed by atoms with Crippen LogP contribution in [-0.2, 0) is 9.30 Å². The zero-order valence-electron chi connectivity index (χ0n) is 18.9. The molecule has 1 amide bonds. The molecule has 2 rings (SSSR count). The van der Waals surface area contributed by atoms with Crippen molar-refractivity contribution < 1.29 is 28.6 Å². The molecule has 1 aliphatic heterocycles. The molecule has 0 spiro atoms. The molecule has 1 aliphatic rings. The minimum Gasteiger partial charge on any atom is -0.494 e. The third kappa shape index (κ3) is 10.9.